The van der Waals surface area contributed by atoms with Gasteiger partial charge in [0.05, 0.1) is 5.60 Å². The second-order valence-electron chi connectivity index (χ2n) is 15.0. The number of H-pyrrole nitrogens is 1. The number of ether oxygens (including phenoxy) is 1. The van der Waals surface area contributed by atoms with Crippen LogP contribution in [0.4, 0.5) is 0 Å². The number of aromatic amines is 1. The van der Waals surface area contributed by atoms with Gasteiger partial charge < -0.3 is 14.7 Å². The first kappa shape index (κ1) is 34.5. The molecule has 1 saturated carbocycles. The van der Waals surface area contributed by atoms with Crippen molar-refractivity contribution in [3.8, 4) is 11.4 Å². The number of aromatic nitrogens is 4. The maximum absolute atomic E-state index is 13.9. The Labute approximate surface area is 296 Å². The molecule has 50 heavy (non-hydrogen) atoms. The lowest BCUT2D eigenvalue weighted by atomic mass is 9.83. The highest BCUT2D eigenvalue weighted by Crippen LogP contribution is 2.39. The number of aryl methyl sites for hydroxylation is 1. The van der Waals surface area contributed by atoms with Crippen molar-refractivity contribution in [3.63, 3.8) is 0 Å². The predicted molar refractivity (Wildman–Crippen MR) is 194 cm³/mol. The van der Waals surface area contributed by atoms with Crippen LogP contribution >= 0.6 is 0 Å². The van der Waals surface area contributed by atoms with E-state index in [9.17, 15) is 9.90 Å². The summed E-state index contributed by atoms with van der Waals surface area (Å²) in [5.41, 5.74) is 3.98. The van der Waals surface area contributed by atoms with Gasteiger partial charge in [0.2, 0.25) is 5.82 Å². The van der Waals surface area contributed by atoms with E-state index in [1.54, 1.807) is 0 Å². The summed E-state index contributed by atoms with van der Waals surface area (Å²) in [6.07, 6.45) is 10.1. The third kappa shape index (κ3) is 8.68. The predicted octanol–water partition coefficient (Wildman–Crippen LogP) is 6.42. The lowest BCUT2D eigenvalue weighted by molar-refractivity contribution is -0.154. The van der Waals surface area contributed by atoms with Gasteiger partial charge in [-0.05, 0) is 78.7 Å². The number of hydrogen-bond acceptors (Lipinski definition) is 8. The van der Waals surface area contributed by atoms with Gasteiger partial charge in [-0.25, -0.2) is 0 Å². The summed E-state index contributed by atoms with van der Waals surface area (Å²) in [4.78, 5) is 19.0. The minimum Gasteiger partial charge on any atom is -0.460 e. The van der Waals surface area contributed by atoms with Crippen LogP contribution in [0.3, 0.4) is 0 Å². The van der Waals surface area contributed by atoms with E-state index in [0.29, 0.717) is 30.2 Å². The van der Waals surface area contributed by atoms with Gasteiger partial charge in [0, 0.05) is 44.2 Å². The number of carbonyl (C=O) groups is 1. The Morgan fingerprint density at radius 2 is 1.62 bits per heavy atom. The van der Waals surface area contributed by atoms with Crippen LogP contribution in [-0.2, 0) is 22.6 Å². The summed E-state index contributed by atoms with van der Waals surface area (Å²) in [7, 11) is 0. The fourth-order valence-corrected chi connectivity index (χ4v) is 8.76. The van der Waals surface area contributed by atoms with Gasteiger partial charge >= 0.3 is 5.97 Å². The van der Waals surface area contributed by atoms with Crippen molar-refractivity contribution >= 4 is 5.97 Å². The number of rotatable bonds is 13. The van der Waals surface area contributed by atoms with E-state index in [-0.39, 0.29) is 12.0 Å². The number of nitrogens with zero attached hydrogens (tertiary/aromatic N) is 5. The van der Waals surface area contributed by atoms with Crippen molar-refractivity contribution < 1.29 is 14.6 Å². The van der Waals surface area contributed by atoms with Gasteiger partial charge in [0.1, 0.15) is 12.6 Å². The number of esters is 1. The molecular weight excluding hydrogens is 624 g/mol. The van der Waals surface area contributed by atoms with E-state index in [2.05, 4.69) is 72.9 Å². The number of aliphatic hydroxyl groups is 1. The average Bonchev–Trinajstić information content (AvgIpc) is 3.85. The molecule has 3 heterocycles. The molecule has 2 aliphatic heterocycles. The second kappa shape index (κ2) is 16.4. The smallest absolute Gasteiger partial charge is 0.323 e. The van der Waals surface area contributed by atoms with Gasteiger partial charge in [-0.1, -0.05) is 104 Å². The van der Waals surface area contributed by atoms with Crippen molar-refractivity contribution in [1.29, 1.82) is 0 Å². The van der Waals surface area contributed by atoms with E-state index in [4.69, 9.17) is 4.74 Å². The number of nitrogens with one attached hydrogen (secondary N) is 1. The van der Waals surface area contributed by atoms with Gasteiger partial charge in [0.15, 0.2) is 0 Å². The van der Waals surface area contributed by atoms with Gasteiger partial charge in [-0.15, -0.1) is 10.2 Å². The van der Waals surface area contributed by atoms with Crippen molar-refractivity contribution in [3.05, 3.63) is 102 Å². The minimum atomic E-state index is -0.615. The molecule has 1 aliphatic carbocycles. The van der Waals surface area contributed by atoms with E-state index in [1.807, 2.05) is 42.5 Å². The number of likely N-dealkylation sites (tertiary alicyclic amines) is 2. The monoisotopic (exact) mass is 676 g/mol. The zero-order valence-corrected chi connectivity index (χ0v) is 29.2. The number of piperidine rings is 1. The normalized spacial score (nSPS) is 22.3. The third-order valence-electron chi connectivity index (χ3n) is 11.6. The van der Waals surface area contributed by atoms with Crippen LogP contribution in [0.2, 0.25) is 0 Å². The zero-order valence-electron chi connectivity index (χ0n) is 29.2. The summed E-state index contributed by atoms with van der Waals surface area (Å²) >= 11 is 0. The molecule has 2 N–H and O–H groups in total. The SMILES string of the molecule is O=C(OCc1ccccc1)[C@@H](C1CCCCC1)N1C[C@H](CN2CCC(O)(CCCc3ccc(-c4nn[nH]n4)cc3)CC2)[C@@H](c2ccccc2)C1. The van der Waals surface area contributed by atoms with E-state index < -0.39 is 5.60 Å². The van der Waals surface area contributed by atoms with Crippen molar-refractivity contribution in [2.24, 2.45) is 11.8 Å². The van der Waals surface area contributed by atoms with Crippen molar-refractivity contribution in [1.82, 2.24) is 30.4 Å². The molecule has 7 rings (SSSR count). The van der Waals surface area contributed by atoms with E-state index in [1.165, 1.54) is 30.4 Å². The largest absolute Gasteiger partial charge is 0.460 e. The average molecular weight is 677 g/mol. The molecule has 0 bridgehead atoms. The Balaban J connectivity index is 0.964. The van der Waals surface area contributed by atoms with Crippen molar-refractivity contribution in [2.75, 3.05) is 32.7 Å². The van der Waals surface area contributed by atoms with Crippen LogP contribution < -0.4 is 0 Å². The van der Waals surface area contributed by atoms with Crippen LogP contribution in [-0.4, -0.2) is 85.9 Å². The molecule has 3 aromatic carbocycles. The molecule has 0 unspecified atom stereocenters. The first-order valence-corrected chi connectivity index (χ1v) is 18.8. The van der Waals surface area contributed by atoms with Crippen LogP contribution in [0.25, 0.3) is 11.4 Å². The van der Waals surface area contributed by atoms with Crippen LogP contribution in [0.1, 0.15) is 80.4 Å². The molecule has 0 amide bonds. The summed E-state index contributed by atoms with van der Waals surface area (Å²) in [5.74, 6) is 1.65. The topological polar surface area (TPSA) is 107 Å². The molecule has 0 radical (unpaired) electrons. The molecule has 3 atom stereocenters. The maximum atomic E-state index is 13.9. The highest BCUT2D eigenvalue weighted by atomic mass is 16.5. The first-order chi connectivity index (χ1) is 24.5. The van der Waals surface area contributed by atoms with Gasteiger partial charge in [-0.3, -0.25) is 9.69 Å². The molecule has 264 valence electrons. The Hall–Kier alpha value is -3.92. The zero-order chi connectivity index (χ0) is 34.2. The molecule has 9 heteroatoms. The number of hydrogen-bond donors (Lipinski definition) is 2. The molecule has 1 aromatic heterocycles. The van der Waals surface area contributed by atoms with Crippen LogP contribution in [0.15, 0.2) is 84.9 Å². The Bertz CT molecular complexity index is 1600. The summed E-state index contributed by atoms with van der Waals surface area (Å²) in [5, 5.41) is 25.8. The lowest BCUT2D eigenvalue weighted by Gasteiger charge is -2.40. The van der Waals surface area contributed by atoms with Crippen molar-refractivity contribution in [2.45, 2.75) is 88.4 Å². The third-order valence-corrected chi connectivity index (χ3v) is 11.6. The Morgan fingerprint density at radius 1 is 0.900 bits per heavy atom. The molecule has 2 saturated heterocycles. The highest BCUT2D eigenvalue weighted by Gasteiger charge is 2.44. The molecule has 0 spiro atoms. The quantitative estimate of drug-likeness (QED) is 0.156. The number of carbonyl (C=O) groups excluding carboxylic acids is 1. The summed E-state index contributed by atoms with van der Waals surface area (Å²) in [6.45, 7) is 4.89. The molecule has 9 nitrogen and oxygen atoms in total. The highest BCUT2D eigenvalue weighted by molar-refractivity contribution is 5.76. The number of tetrazole rings is 1. The Morgan fingerprint density at radius 3 is 2.32 bits per heavy atom. The molecule has 4 aromatic rings. The molecular formula is C41H52N6O3. The van der Waals surface area contributed by atoms with Gasteiger partial charge in [0.25, 0.3) is 0 Å². The molecule has 3 aliphatic rings. The second-order valence-corrected chi connectivity index (χ2v) is 15.0. The lowest BCUT2D eigenvalue weighted by Crippen LogP contribution is -2.48. The maximum Gasteiger partial charge on any atom is 0.323 e. The van der Waals surface area contributed by atoms with Gasteiger partial charge in [-0.2, -0.15) is 5.21 Å². The summed E-state index contributed by atoms with van der Waals surface area (Å²) < 4.78 is 6.06. The van der Waals surface area contributed by atoms with Crippen LogP contribution in [0, 0.1) is 11.8 Å². The Kier molecular flexibility index (Phi) is 11.3. The first-order valence-electron chi connectivity index (χ1n) is 18.8. The van der Waals surface area contributed by atoms with E-state index in [0.717, 1.165) is 88.8 Å². The summed E-state index contributed by atoms with van der Waals surface area (Å²) in [6, 6.07) is 29.1. The standard InChI is InChI=1S/C41H52N6O3/c48-40(50-30-32-11-4-1-5-12-32)38(34-16-8-3-9-17-34)47-28-36(37(29-47)33-14-6-2-7-15-33)27-46-25-23-41(49,24-26-46)22-10-13-31-18-20-35(21-19-31)39-42-44-45-43-39/h1-2,4-7,11-12,14-15,18-21,34,36-38,49H,3,8-10,13,16-17,22-30H2,(H,42,43,44,45)/t36-,37+,38+/m0/s1. The van der Waals surface area contributed by atoms with E-state index >= 15 is 0 Å². The minimum absolute atomic E-state index is 0.0563. The number of benzene rings is 3. The van der Waals surface area contributed by atoms with Crippen LogP contribution in [0.5, 0.6) is 0 Å². The fourth-order valence-electron chi connectivity index (χ4n) is 8.76. The molecule has 3 fully saturated rings. The fraction of sp³-hybridized carbons (Fsp3) is 0.512.